The fraction of sp³-hybridized carbons (Fsp3) is 0.600. The number of amides is 2. The summed E-state index contributed by atoms with van der Waals surface area (Å²) in [4.78, 5) is 43.7. The first-order chi connectivity index (χ1) is 9.15. The summed E-state index contributed by atoms with van der Waals surface area (Å²) in [6.07, 6.45) is -1.92. The first-order valence-corrected chi connectivity index (χ1v) is 5.60. The standard InChI is InChI=1S/C10H17N3O7/c1-4(14)8(10(19)20)13-6(15)3-12-9(18)5(11)2-7(16)17/h4-5,8,14H,2-3,11H2,1H3,(H,12,18)(H,13,15)(H,16,17)(H,19,20)/t4-,5+,8+/m1/s1. The van der Waals surface area contributed by atoms with E-state index in [9.17, 15) is 19.2 Å². The summed E-state index contributed by atoms with van der Waals surface area (Å²) in [7, 11) is 0. The number of hydrogen-bond acceptors (Lipinski definition) is 6. The molecule has 0 rings (SSSR count). The Bertz CT molecular complexity index is 396. The quantitative estimate of drug-likeness (QED) is 0.271. The first-order valence-electron chi connectivity index (χ1n) is 5.60. The largest absolute Gasteiger partial charge is 0.481 e. The normalized spacial score (nSPS) is 14.8. The van der Waals surface area contributed by atoms with Gasteiger partial charge in [-0.25, -0.2) is 4.79 Å². The van der Waals surface area contributed by atoms with E-state index in [0.29, 0.717) is 0 Å². The van der Waals surface area contributed by atoms with Crippen LogP contribution in [0.15, 0.2) is 0 Å². The van der Waals surface area contributed by atoms with Gasteiger partial charge >= 0.3 is 11.9 Å². The predicted molar refractivity (Wildman–Crippen MR) is 64.5 cm³/mol. The molecule has 0 fully saturated rings. The zero-order chi connectivity index (χ0) is 15.9. The Balaban J connectivity index is 4.25. The third-order valence-corrected chi connectivity index (χ3v) is 2.22. The van der Waals surface area contributed by atoms with Crippen LogP contribution in [0, 0.1) is 0 Å². The molecule has 0 spiro atoms. The lowest BCUT2D eigenvalue weighted by molar-refractivity contribution is -0.144. The van der Waals surface area contributed by atoms with Crippen LogP contribution >= 0.6 is 0 Å². The average molecular weight is 291 g/mol. The molecule has 0 aliphatic heterocycles. The second-order valence-electron chi connectivity index (χ2n) is 4.05. The van der Waals surface area contributed by atoms with Gasteiger partial charge in [-0.3, -0.25) is 14.4 Å². The Morgan fingerprint density at radius 1 is 1.20 bits per heavy atom. The number of hydrogen-bond donors (Lipinski definition) is 6. The smallest absolute Gasteiger partial charge is 0.328 e. The van der Waals surface area contributed by atoms with E-state index in [0.717, 1.165) is 0 Å². The number of nitrogens with one attached hydrogen (secondary N) is 2. The lowest BCUT2D eigenvalue weighted by atomic mass is 10.2. The Morgan fingerprint density at radius 3 is 2.15 bits per heavy atom. The molecule has 0 saturated heterocycles. The number of aliphatic hydroxyl groups is 1. The van der Waals surface area contributed by atoms with Crippen molar-refractivity contribution in [3.05, 3.63) is 0 Å². The van der Waals surface area contributed by atoms with Gasteiger partial charge in [0.05, 0.1) is 25.1 Å². The molecule has 0 unspecified atom stereocenters. The molecule has 0 heterocycles. The van der Waals surface area contributed by atoms with Gasteiger partial charge in [0.15, 0.2) is 6.04 Å². The molecule has 0 saturated carbocycles. The summed E-state index contributed by atoms with van der Waals surface area (Å²) in [6.45, 7) is 0.600. The summed E-state index contributed by atoms with van der Waals surface area (Å²) in [5.74, 6) is -4.40. The summed E-state index contributed by atoms with van der Waals surface area (Å²) in [5.41, 5.74) is 5.24. The van der Waals surface area contributed by atoms with Gasteiger partial charge in [0.2, 0.25) is 11.8 Å². The van der Waals surface area contributed by atoms with Crippen LogP contribution in [-0.4, -0.2) is 63.8 Å². The minimum atomic E-state index is -1.51. The fourth-order valence-corrected chi connectivity index (χ4v) is 1.19. The Morgan fingerprint density at radius 2 is 1.75 bits per heavy atom. The molecule has 20 heavy (non-hydrogen) atoms. The minimum Gasteiger partial charge on any atom is -0.481 e. The molecule has 10 nitrogen and oxygen atoms in total. The SMILES string of the molecule is C[C@@H](O)[C@H](NC(=O)CNC(=O)[C@@H](N)CC(=O)O)C(=O)O. The number of carbonyl (C=O) groups excluding carboxylic acids is 2. The molecule has 0 aromatic heterocycles. The number of aliphatic carboxylic acids is 2. The van der Waals surface area contributed by atoms with Gasteiger partial charge in [-0.05, 0) is 6.92 Å². The number of nitrogens with two attached hydrogens (primary N) is 1. The van der Waals surface area contributed by atoms with Crippen LogP contribution in [0.5, 0.6) is 0 Å². The van der Waals surface area contributed by atoms with E-state index in [1.807, 2.05) is 5.32 Å². The van der Waals surface area contributed by atoms with Crippen LogP contribution in [0.3, 0.4) is 0 Å². The topological polar surface area (TPSA) is 179 Å². The molecular formula is C10H17N3O7. The maximum absolute atomic E-state index is 11.4. The van der Waals surface area contributed by atoms with Crippen molar-refractivity contribution in [3.63, 3.8) is 0 Å². The molecule has 0 bridgehead atoms. The van der Waals surface area contributed by atoms with Gasteiger partial charge in [-0.2, -0.15) is 0 Å². The van der Waals surface area contributed by atoms with Crippen molar-refractivity contribution < 1.29 is 34.5 Å². The van der Waals surface area contributed by atoms with Gasteiger partial charge in [-0.15, -0.1) is 0 Å². The van der Waals surface area contributed by atoms with E-state index in [4.69, 9.17) is 21.1 Å². The maximum Gasteiger partial charge on any atom is 0.328 e. The molecular weight excluding hydrogens is 274 g/mol. The molecule has 0 radical (unpaired) electrons. The summed E-state index contributed by atoms with van der Waals surface area (Å²) >= 11 is 0. The summed E-state index contributed by atoms with van der Waals surface area (Å²) in [5, 5.41) is 30.3. The van der Waals surface area contributed by atoms with E-state index in [-0.39, 0.29) is 0 Å². The summed E-state index contributed by atoms with van der Waals surface area (Å²) < 4.78 is 0. The highest BCUT2D eigenvalue weighted by atomic mass is 16.4. The molecule has 0 aromatic carbocycles. The number of aliphatic hydroxyl groups excluding tert-OH is 1. The highest BCUT2D eigenvalue weighted by molar-refractivity contribution is 5.91. The van der Waals surface area contributed by atoms with E-state index in [1.54, 1.807) is 0 Å². The lowest BCUT2D eigenvalue weighted by Crippen LogP contribution is -2.52. The third kappa shape index (κ3) is 6.66. The zero-order valence-electron chi connectivity index (χ0n) is 10.7. The number of carboxylic acids is 2. The van der Waals surface area contributed by atoms with Gasteiger partial charge in [0.1, 0.15) is 0 Å². The van der Waals surface area contributed by atoms with Gasteiger partial charge < -0.3 is 31.7 Å². The number of carbonyl (C=O) groups is 4. The van der Waals surface area contributed by atoms with Gasteiger partial charge in [0.25, 0.3) is 0 Å². The van der Waals surface area contributed by atoms with Crippen LogP contribution in [0.25, 0.3) is 0 Å². The van der Waals surface area contributed by atoms with E-state index >= 15 is 0 Å². The van der Waals surface area contributed by atoms with Crippen molar-refractivity contribution >= 4 is 23.8 Å². The second-order valence-corrected chi connectivity index (χ2v) is 4.05. The van der Waals surface area contributed by atoms with Crippen LogP contribution in [0.1, 0.15) is 13.3 Å². The number of carboxylic acid groups (broad SMARTS) is 2. The minimum absolute atomic E-state index is 0.581. The molecule has 114 valence electrons. The van der Waals surface area contributed by atoms with Crippen LogP contribution in [-0.2, 0) is 19.2 Å². The monoisotopic (exact) mass is 291 g/mol. The Hall–Kier alpha value is -2.20. The highest BCUT2D eigenvalue weighted by Crippen LogP contribution is 1.93. The molecule has 0 aromatic rings. The molecule has 0 aliphatic carbocycles. The van der Waals surface area contributed by atoms with Crippen molar-refractivity contribution in [1.29, 1.82) is 0 Å². The fourth-order valence-electron chi connectivity index (χ4n) is 1.19. The molecule has 2 amide bonds. The number of rotatable bonds is 8. The van der Waals surface area contributed by atoms with Crippen LogP contribution < -0.4 is 16.4 Å². The Kier molecular flexibility index (Phi) is 7.18. The molecule has 10 heteroatoms. The van der Waals surface area contributed by atoms with Crippen molar-refractivity contribution in [2.45, 2.75) is 31.5 Å². The molecule has 7 N–H and O–H groups in total. The average Bonchev–Trinajstić information content (AvgIpc) is 2.31. The zero-order valence-corrected chi connectivity index (χ0v) is 10.7. The van der Waals surface area contributed by atoms with Gasteiger partial charge in [-0.1, -0.05) is 0 Å². The third-order valence-electron chi connectivity index (χ3n) is 2.22. The highest BCUT2D eigenvalue weighted by Gasteiger charge is 2.25. The van der Waals surface area contributed by atoms with Crippen LogP contribution in [0.2, 0.25) is 0 Å². The van der Waals surface area contributed by atoms with Gasteiger partial charge in [0, 0.05) is 0 Å². The van der Waals surface area contributed by atoms with Crippen LogP contribution in [0.4, 0.5) is 0 Å². The van der Waals surface area contributed by atoms with Crippen molar-refractivity contribution in [2.75, 3.05) is 6.54 Å². The van der Waals surface area contributed by atoms with Crippen molar-refractivity contribution in [3.8, 4) is 0 Å². The van der Waals surface area contributed by atoms with E-state index < -0.39 is 54.9 Å². The molecule has 3 atom stereocenters. The van der Waals surface area contributed by atoms with Crippen molar-refractivity contribution in [1.82, 2.24) is 10.6 Å². The van der Waals surface area contributed by atoms with E-state index in [2.05, 4.69) is 5.32 Å². The maximum atomic E-state index is 11.4. The second kappa shape index (κ2) is 8.07. The van der Waals surface area contributed by atoms with Crippen molar-refractivity contribution in [2.24, 2.45) is 5.73 Å². The van der Waals surface area contributed by atoms with E-state index in [1.165, 1.54) is 6.92 Å². The lowest BCUT2D eigenvalue weighted by Gasteiger charge is -2.17. The molecule has 0 aliphatic rings. The first kappa shape index (κ1) is 17.8. The summed E-state index contributed by atoms with van der Waals surface area (Å²) in [6, 6.07) is -2.82. The predicted octanol–water partition coefficient (Wildman–Crippen LogP) is -3.15. The Labute approximate surface area is 113 Å².